The molecule has 6 fully saturated rings. The minimum atomic E-state index is -3.15. The fraction of sp³-hybridized carbons (Fsp3) is 0.690. The second-order valence-electron chi connectivity index (χ2n) is 40.9. The zero-order valence-corrected chi connectivity index (χ0v) is 85.1. The van der Waals surface area contributed by atoms with Gasteiger partial charge in [0.05, 0.1) is 138 Å². The lowest BCUT2D eigenvalue weighted by Gasteiger charge is -2.47. The number of hydrogen-bond acceptors (Lipinski definition) is 24. The van der Waals surface area contributed by atoms with Gasteiger partial charge in [-0.25, -0.2) is 0 Å². The Morgan fingerprint density at radius 2 is 0.500 bits per heavy atom. The van der Waals surface area contributed by atoms with Gasteiger partial charge in [-0.15, -0.1) is 0 Å². The Morgan fingerprint density at radius 1 is 0.300 bits per heavy atom. The van der Waals surface area contributed by atoms with E-state index in [9.17, 15) is 30.6 Å². The summed E-state index contributed by atoms with van der Waals surface area (Å²) in [5.74, 6) is -1.90. The second kappa shape index (κ2) is 48.6. The molecule has 0 spiro atoms. The summed E-state index contributed by atoms with van der Waals surface area (Å²) in [6.45, 7) is 10.0. The number of piperidine rings is 6. The summed E-state index contributed by atoms with van der Waals surface area (Å²) < 4.78 is 364. The number of ether oxygens (including phenoxy) is 12. The lowest BCUT2D eigenvalue weighted by molar-refractivity contribution is -0.0259. The first-order chi connectivity index (χ1) is 81.1. The van der Waals surface area contributed by atoms with Crippen LogP contribution in [0.25, 0.3) is 0 Å². The molecular formula is C116H178N6O18. The van der Waals surface area contributed by atoms with E-state index in [1.165, 1.54) is 48.7 Å². The molecule has 6 N–H and O–H groups in total. The van der Waals surface area contributed by atoms with Gasteiger partial charge in [0.15, 0.2) is 69.0 Å². The van der Waals surface area contributed by atoms with Crippen LogP contribution in [0.1, 0.15) is 327 Å². The number of benzene rings is 6. The summed E-state index contributed by atoms with van der Waals surface area (Å²) >= 11 is 0. The maximum absolute atomic E-state index is 11.0. The molecule has 24 heteroatoms. The third-order valence-electron chi connectivity index (χ3n) is 28.8. The van der Waals surface area contributed by atoms with Crippen molar-refractivity contribution in [2.24, 2.45) is 69.9 Å². The molecular weight excluding hydrogens is 1770 g/mol. The highest BCUT2D eigenvalue weighted by Gasteiger charge is 2.47. The number of nitrogens with zero attached hydrogens (tertiary/aromatic N) is 6. The van der Waals surface area contributed by atoms with Crippen molar-refractivity contribution in [3.8, 4) is 69.0 Å². The molecule has 0 bridgehead atoms. The SMILES string of the molecule is [2H]C([2H])([2H])C(C)(C([2H])([2H])[2H])C([2H])([2H])C1CN2CCc3cc(OC)c(OC)cc3C2CC1O.[2H]C([2H])([2H])Oc1cc2c(cc1OC)CCN1CC(C([2H])([2H])C(C)(C([2H])([2H])[2H])C([2H])([2H])[2H])C(O)CC21.[2H]C([2H])([2H])Oc1cc2c(cc1OC)CCN1CC(CC(C)C)C(O)CC21.[2H]C([2H])([2H])Oc1cc2c(cc1OC)CCN1CC([2H])(CC(C)C)C([2H])(O)C([2H])([2H])C21.[2H]C1(CC(C)C)CN2CCc3cc(OC)c(OC)cc3C2C([2H])([2H])C1([2H])O.[2H]C1(CC(C)C)CN2CCc3cc(OC)c(OC)cc3C2C([2H])([2H])C1([2H])O. The Kier molecular flexibility index (Phi) is 24.1. The fourth-order valence-corrected chi connectivity index (χ4v) is 22.4. The van der Waals surface area contributed by atoms with Crippen molar-refractivity contribution in [2.75, 3.05) is 164 Å². The van der Waals surface area contributed by atoms with E-state index < -0.39 is 175 Å². The van der Waals surface area contributed by atoms with E-state index in [-0.39, 0.29) is 130 Å². The molecule has 0 radical (unpaired) electrons. The van der Waals surface area contributed by atoms with Crippen LogP contribution in [0.2, 0.25) is 0 Å². The molecule has 12 heterocycles. The Morgan fingerprint density at radius 3 is 0.714 bits per heavy atom. The topological polar surface area (TPSA) is 252 Å². The van der Waals surface area contributed by atoms with Crippen molar-refractivity contribution in [3.63, 3.8) is 0 Å². The van der Waals surface area contributed by atoms with E-state index >= 15 is 0 Å². The van der Waals surface area contributed by atoms with Gasteiger partial charge in [-0.05, 0) is 325 Å². The van der Waals surface area contributed by atoms with Gasteiger partial charge >= 0.3 is 0 Å². The van der Waals surface area contributed by atoms with Gasteiger partial charge in [0.2, 0.25) is 0 Å². The minimum Gasteiger partial charge on any atom is -0.493 e. The monoisotopic (exact) mass is 1980 g/mol. The average molecular weight is 1980 g/mol. The number of fused-ring (bicyclic) bond motifs is 18. The molecule has 18 unspecified atom stereocenters. The van der Waals surface area contributed by atoms with Crippen molar-refractivity contribution < 1.29 is 138 Å². The molecule has 780 valence electrons. The maximum Gasteiger partial charge on any atom is 0.161 e. The predicted molar refractivity (Wildman–Crippen MR) is 556 cm³/mol. The third kappa shape index (κ3) is 26.3. The molecule has 12 aliphatic rings. The molecule has 0 aromatic heterocycles. The Balaban J connectivity index is 0.000000173. The summed E-state index contributed by atoms with van der Waals surface area (Å²) in [5.41, 5.74) is 4.84. The molecule has 6 aromatic rings. The lowest BCUT2D eigenvalue weighted by Crippen LogP contribution is -2.48. The van der Waals surface area contributed by atoms with Crippen LogP contribution in [-0.4, -0.2) is 260 Å². The first-order valence-corrected chi connectivity index (χ1v) is 49.2. The fourth-order valence-electron chi connectivity index (χ4n) is 22.4. The van der Waals surface area contributed by atoms with Crippen molar-refractivity contribution in [1.29, 1.82) is 0 Å². The smallest absolute Gasteiger partial charge is 0.161 e. The summed E-state index contributed by atoms with van der Waals surface area (Å²) in [4.78, 5) is 11.9. The van der Waals surface area contributed by atoms with E-state index in [1.54, 1.807) is 62.6 Å². The molecule has 140 heavy (non-hydrogen) atoms. The van der Waals surface area contributed by atoms with Gasteiger partial charge in [0.1, 0.15) is 0 Å². The van der Waals surface area contributed by atoms with Crippen LogP contribution in [0.4, 0.5) is 0 Å². The van der Waals surface area contributed by atoms with Crippen molar-refractivity contribution in [1.82, 2.24) is 29.4 Å². The first kappa shape index (κ1) is 69.5. The first-order valence-electron chi connectivity index (χ1n) is 67.7. The summed E-state index contributed by atoms with van der Waals surface area (Å²) in [6.07, 6.45) is -16.6. The quantitative estimate of drug-likeness (QED) is 0.0369. The van der Waals surface area contributed by atoms with Crippen molar-refractivity contribution >= 4 is 0 Å². The van der Waals surface area contributed by atoms with E-state index in [0.29, 0.717) is 146 Å². The Bertz CT molecular complexity index is 6570. The van der Waals surface area contributed by atoms with Crippen LogP contribution in [0.5, 0.6) is 69.0 Å². The number of methoxy groups -OCH3 is 12. The minimum absolute atomic E-state index is 0.00681. The van der Waals surface area contributed by atoms with Crippen LogP contribution in [0.3, 0.4) is 0 Å². The number of aliphatic hydroxyl groups excluding tert-OH is 3. The highest BCUT2D eigenvalue weighted by Crippen LogP contribution is 2.53. The number of rotatable bonds is 22. The predicted octanol–water partition coefficient (Wildman–Crippen LogP) is 19.0. The summed E-state index contributed by atoms with van der Waals surface area (Å²) in [5, 5.41) is 65.7. The third-order valence-corrected chi connectivity index (χ3v) is 28.8. The van der Waals surface area contributed by atoms with E-state index in [4.69, 9.17) is 108 Å². The zero-order valence-electron chi connectivity index (χ0n) is 122. The van der Waals surface area contributed by atoms with Crippen LogP contribution in [0, 0.1) is 69.9 Å². The lowest BCUT2D eigenvalue weighted by atomic mass is 9.75. The van der Waals surface area contributed by atoms with Gasteiger partial charge < -0.3 is 87.5 Å². The highest BCUT2D eigenvalue weighted by atomic mass is 16.5. The van der Waals surface area contributed by atoms with E-state index in [2.05, 4.69) is 18.7 Å². The number of hydrogen-bond donors (Lipinski definition) is 6. The molecule has 0 saturated carbocycles. The van der Waals surface area contributed by atoms with Gasteiger partial charge in [-0.2, -0.15) is 0 Å². The molecule has 0 aliphatic carbocycles. The Hall–Kier alpha value is -7.56. The molecule has 18 atom stereocenters. The largest absolute Gasteiger partial charge is 0.493 e. The molecule has 6 aromatic carbocycles. The molecule has 24 nitrogen and oxygen atoms in total. The molecule has 12 aliphatic heterocycles. The van der Waals surface area contributed by atoms with Crippen molar-refractivity contribution in [3.05, 3.63) is 140 Å². The number of aliphatic hydroxyl groups is 6. The van der Waals surface area contributed by atoms with E-state index in [0.717, 1.165) is 84.3 Å². The Labute approximate surface area is 892 Å². The van der Waals surface area contributed by atoms with E-state index in [1.807, 2.05) is 91.5 Å². The molecule has 18 rings (SSSR count). The molecule has 0 amide bonds. The van der Waals surface area contributed by atoms with Crippen LogP contribution >= 0.6 is 0 Å². The maximum atomic E-state index is 11.0. The van der Waals surface area contributed by atoms with Gasteiger partial charge in [-0.1, -0.05) is 96.6 Å². The van der Waals surface area contributed by atoms with Gasteiger partial charge in [-0.3, -0.25) is 29.4 Å². The van der Waals surface area contributed by atoms with Crippen LogP contribution in [0.15, 0.2) is 72.8 Å². The summed E-state index contributed by atoms with van der Waals surface area (Å²) in [7, 11) is 5.62. The average Bonchev–Trinajstić information content (AvgIpc) is 0.697. The normalized spacial score (nSPS) is 36.4. The second-order valence-corrected chi connectivity index (χ2v) is 40.9. The van der Waals surface area contributed by atoms with Crippen molar-refractivity contribution in [2.45, 2.75) is 285 Å². The van der Waals surface area contributed by atoms with Gasteiger partial charge in [0.25, 0.3) is 0 Å². The molecule has 6 saturated heterocycles. The van der Waals surface area contributed by atoms with Gasteiger partial charge in [0, 0.05) is 149 Å². The zero-order chi connectivity index (χ0) is 133. The van der Waals surface area contributed by atoms with Crippen LogP contribution < -0.4 is 56.8 Å². The highest BCUT2D eigenvalue weighted by molar-refractivity contribution is 5.55. The van der Waals surface area contributed by atoms with Crippen LogP contribution in [-0.2, 0) is 38.5 Å². The summed E-state index contributed by atoms with van der Waals surface area (Å²) in [6, 6.07) is 17.8. The standard InChI is InChI=1S/2C20H31NO3.4C19H29NO3/c2*1-20(2,3)11-14-12-21-7-6-13-8-18(23-4)19(24-5)9-15(13)16(21)10-17(14)22;4*1-12(2)7-14-11-20-6-5-13-8-18(22-3)19(23-4)9-15(13)16(20)10-17(14)21/h2*8-9,14,16-17,22H,6-7,10-12H2,1-5H3;4*8-9,12,14,16-17,21H,5-7,10-11H2,1-4H3/i1D3,2D3,5D3,11D2;1D3,2D3,11D2;4D3,10D2,14D,17D;2*10D2,14D,17D;4D3.